The number of anilines is 1. The Morgan fingerprint density at radius 2 is 2.29 bits per heavy atom. The molecule has 1 heterocycles. The first kappa shape index (κ1) is 11.9. The zero-order valence-corrected chi connectivity index (χ0v) is 10.4. The molecule has 17 heavy (non-hydrogen) atoms. The Balaban J connectivity index is 2.05. The van der Waals surface area contributed by atoms with Crippen molar-refractivity contribution in [2.24, 2.45) is 0 Å². The van der Waals surface area contributed by atoms with E-state index in [1.165, 1.54) is 0 Å². The fraction of sp³-hybridized carbons (Fsp3) is 0.462. The van der Waals surface area contributed by atoms with Gasteiger partial charge in [0, 0.05) is 37.9 Å². The molecule has 0 aromatic heterocycles. The van der Waals surface area contributed by atoms with Gasteiger partial charge < -0.3 is 15.5 Å². The van der Waals surface area contributed by atoms with E-state index in [-0.39, 0.29) is 11.9 Å². The summed E-state index contributed by atoms with van der Waals surface area (Å²) in [4.78, 5) is 14.0. The minimum absolute atomic E-state index is 0.0161. The average molecular weight is 233 g/mol. The summed E-state index contributed by atoms with van der Waals surface area (Å²) in [5, 5.41) is 6.28. The van der Waals surface area contributed by atoms with Crippen LogP contribution in [-0.2, 0) is 0 Å². The predicted octanol–water partition coefficient (Wildman–Crippen LogP) is 0.844. The van der Waals surface area contributed by atoms with E-state index in [2.05, 4.69) is 10.6 Å². The molecule has 0 radical (unpaired) electrons. The Morgan fingerprint density at radius 1 is 1.47 bits per heavy atom. The van der Waals surface area contributed by atoms with Crippen LogP contribution in [0.25, 0.3) is 0 Å². The minimum atomic E-state index is 0.0161. The number of nitrogens with one attached hydrogen (secondary N) is 2. The Labute approximate surface area is 102 Å². The van der Waals surface area contributed by atoms with Crippen LogP contribution in [0.2, 0.25) is 0 Å². The standard InChI is InChI=1S/C13H19N3O/c1-16(2)12-5-3-4-10(8-12)13(17)15-11-6-7-14-9-11/h3-5,8,11,14H,6-7,9H2,1-2H3,(H,15,17). The van der Waals surface area contributed by atoms with Gasteiger partial charge in [0.05, 0.1) is 0 Å². The monoisotopic (exact) mass is 233 g/mol. The second kappa shape index (κ2) is 5.19. The fourth-order valence-electron chi connectivity index (χ4n) is 1.97. The van der Waals surface area contributed by atoms with Gasteiger partial charge in [-0.15, -0.1) is 0 Å². The van der Waals surface area contributed by atoms with Crippen molar-refractivity contribution in [1.82, 2.24) is 10.6 Å². The highest BCUT2D eigenvalue weighted by molar-refractivity contribution is 5.95. The van der Waals surface area contributed by atoms with Gasteiger partial charge in [0.15, 0.2) is 0 Å². The molecule has 1 amide bonds. The first-order chi connectivity index (χ1) is 8.16. The summed E-state index contributed by atoms with van der Waals surface area (Å²) in [5.41, 5.74) is 1.77. The SMILES string of the molecule is CN(C)c1cccc(C(=O)NC2CCNC2)c1. The van der Waals surface area contributed by atoms with Crippen LogP contribution in [-0.4, -0.2) is 39.1 Å². The van der Waals surface area contributed by atoms with Crippen LogP contribution >= 0.6 is 0 Å². The third-order valence-electron chi connectivity index (χ3n) is 3.02. The Morgan fingerprint density at radius 3 is 2.94 bits per heavy atom. The van der Waals surface area contributed by atoms with Gasteiger partial charge in [-0.05, 0) is 31.2 Å². The number of amides is 1. The second-order valence-electron chi connectivity index (χ2n) is 4.61. The molecular formula is C13H19N3O. The lowest BCUT2D eigenvalue weighted by Gasteiger charge is -2.15. The molecule has 0 bridgehead atoms. The Kier molecular flexibility index (Phi) is 3.64. The van der Waals surface area contributed by atoms with Gasteiger partial charge in [0.25, 0.3) is 5.91 Å². The van der Waals surface area contributed by atoms with Crippen LogP contribution < -0.4 is 15.5 Å². The largest absolute Gasteiger partial charge is 0.378 e. The summed E-state index contributed by atoms with van der Waals surface area (Å²) in [6, 6.07) is 7.94. The van der Waals surface area contributed by atoms with Crippen molar-refractivity contribution in [3.8, 4) is 0 Å². The van der Waals surface area contributed by atoms with Crippen molar-refractivity contribution in [3.63, 3.8) is 0 Å². The summed E-state index contributed by atoms with van der Waals surface area (Å²) >= 11 is 0. The van der Waals surface area contributed by atoms with Crippen molar-refractivity contribution in [1.29, 1.82) is 0 Å². The van der Waals surface area contributed by atoms with Gasteiger partial charge in [-0.25, -0.2) is 0 Å². The van der Waals surface area contributed by atoms with E-state index in [1.54, 1.807) is 0 Å². The number of carbonyl (C=O) groups is 1. The van der Waals surface area contributed by atoms with E-state index in [0.717, 1.165) is 30.8 Å². The molecule has 92 valence electrons. The maximum Gasteiger partial charge on any atom is 0.251 e. The minimum Gasteiger partial charge on any atom is -0.378 e. The maximum atomic E-state index is 12.0. The summed E-state index contributed by atoms with van der Waals surface area (Å²) < 4.78 is 0. The summed E-state index contributed by atoms with van der Waals surface area (Å²) in [6.45, 7) is 1.86. The predicted molar refractivity (Wildman–Crippen MR) is 69.5 cm³/mol. The highest BCUT2D eigenvalue weighted by Gasteiger charge is 2.17. The number of rotatable bonds is 3. The van der Waals surface area contributed by atoms with Gasteiger partial charge in [0.1, 0.15) is 0 Å². The molecule has 1 aromatic carbocycles. The van der Waals surface area contributed by atoms with Gasteiger partial charge in [0.2, 0.25) is 0 Å². The van der Waals surface area contributed by atoms with Gasteiger partial charge >= 0.3 is 0 Å². The lowest BCUT2D eigenvalue weighted by atomic mass is 10.1. The molecule has 0 aliphatic carbocycles. The average Bonchev–Trinajstić information content (AvgIpc) is 2.82. The number of hydrogen-bond acceptors (Lipinski definition) is 3. The number of hydrogen-bond donors (Lipinski definition) is 2. The quantitative estimate of drug-likeness (QED) is 0.813. The molecule has 1 aliphatic rings. The Bertz CT molecular complexity index is 397. The molecule has 0 spiro atoms. The van der Waals surface area contributed by atoms with E-state index in [4.69, 9.17) is 0 Å². The highest BCUT2D eigenvalue weighted by atomic mass is 16.1. The molecule has 1 aromatic rings. The molecular weight excluding hydrogens is 214 g/mol. The van der Waals surface area contributed by atoms with Crippen LogP contribution in [0.1, 0.15) is 16.8 Å². The van der Waals surface area contributed by atoms with Gasteiger partial charge in [-0.1, -0.05) is 6.07 Å². The number of nitrogens with zero attached hydrogens (tertiary/aromatic N) is 1. The van der Waals surface area contributed by atoms with Crippen LogP contribution in [0.5, 0.6) is 0 Å². The zero-order chi connectivity index (χ0) is 12.3. The Hall–Kier alpha value is -1.55. The van der Waals surface area contributed by atoms with E-state index in [0.29, 0.717) is 0 Å². The van der Waals surface area contributed by atoms with Crippen molar-refractivity contribution in [3.05, 3.63) is 29.8 Å². The number of carbonyl (C=O) groups excluding carboxylic acids is 1. The summed E-state index contributed by atoms with van der Waals surface area (Å²) in [5.74, 6) is 0.0161. The molecule has 1 fully saturated rings. The summed E-state index contributed by atoms with van der Waals surface area (Å²) in [7, 11) is 3.94. The van der Waals surface area contributed by atoms with Crippen LogP contribution in [0.15, 0.2) is 24.3 Å². The van der Waals surface area contributed by atoms with Crippen LogP contribution in [0, 0.1) is 0 Å². The molecule has 2 N–H and O–H groups in total. The molecule has 1 unspecified atom stereocenters. The van der Waals surface area contributed by atoms with E-state index < -0.39 is 0 Å². The fourth-order valence-corrected chi connectivity index (χ4v) is 1.97. The first-order valence-electron chi connectivity index (χ1n) is 5.96. The van der Waals surface area contributed by atoms with Crippen molar-refractivity contribution in [2.75, 3.05) is 32.1 Å². The van der Waals surface area contributed by atoms with E-state index in [9.17, 15) is 4.79 Å². The molecule has 1 saturated heterocycles. The third-order valence-corrected chi connectivity index (χ3v) is 3.02. The summed E-state index contributed by atoms with van der Waals surface area (Å²) in [6.07, 6.45) is 1.01. The van der Waals surface area contributed by atoms with Gasteiger partial charge in [-0.3, -0.25) is 4.79 Å². The second-order valence-corrected chi connectivity index (χ2v) is 4.61. The molecule has 1 aliphatic heterocycles. The molecule has 4 heteroatoms. The topological polar surface area (TPSA) is 44.4 Å². The molecule has 0 saturated carbocycles. The lowest BCUT2D eigenvalue weighted by molar-refractivity contribution is 0.0940. The molecule has 1 atom stereocenters. The normalized spacial score (nSPS) is 19.1. The maximum absolute atomic E-state index is 12.0. The lowest BCUT2D eigenvalue weighted by Crippen LogP contribution is -2.36. The van der Waals surface area contributed by atoms with E-state index in [1.807, 2.05) is 43.3 Å². The number of benzene rings is 1. The van der Waals surface area contributed by atoms with Crippen molar-refractivity contribution in [2.45, 2.75) is 12.5 Å². The van der Waals surface area contributed by atoms with Crippen LogP contribution in [0.3, 0.4) is 0 Å². The third kappa shape index (κ3) is 2.97. The molecule has 4 nitrogen and oxygen atoms in total. The van der Waals surface area contributed by atoms with Gasteiger partial charge in [-0.2, -0.15) is 0 Å². The molecule has 2 rings (SSSR count). The zero-order valence-electron chi connectivity index (χ0n) is 10.4. The highest BCUT2D eigenvalue weighted by Crippen LogP contribution is 2.13. The van der Waals surface area contributed by atoms with Crippen molar-refractivity contribution >= 4 is 11.6 Å². The van der Waals surface area contributed by atoms with Crippen LogP contribution in [0.4, 0.5) is 5.69 Å². The smallest absolute Gasteiger partial charge is 0.251 e. The van der Waals surface area contributed by atoms with E-state index >= 15 is 0 Å². The van der Waals surface area contributed by atoms with Crippen molar-refractivity contribution < 1.29 is 4.79 Å². The first-order valence-corrected chi connectivity index (χ1v) is 5.96.